The minimum atomic E-state index is 0.330. The maximum atomic E-state index is 10.6. The van der Waals surface area contributed by atoms with Gasteiger partial charge in [-0.2, -0.15) is 0 Å². The summed E-state index contributed by atoms with van der Waals surface area (Å²) in [5, 5.41) is 0. The number of hydrogen-bond acceptors (Lipinski definition) is 3. The molecule has 0 aromatic carbocycles. The molecule has 2 fully saturated rings. The highest BCUT2D eigenvalue weighted by atomic mass is 16.5. The second-order valence-electron chi connectivity index (χ2n) is 4.83. The lowest BCUT2D eigenvalue weighted by Gasteiger charge is -2.33. The van der Waals surface area contributed by atoms with Gasteiger partial charge in [0.15, 0.2) is 0 Å². The molecule has 2 aliphatic rings. The average molecular weight is 211 g/mol. The minimum Gasteiger partial charge on any atom is -0.381 e. The van der Waals surface area contributed by atoms with Crippen LogP contribution in [0.25, 0.3) is 0 Å². The van der Waals surface area contributed by atoms with Crippen LogP contribution in [0, 0.1) is 11.8 Å². The lowest BCUT2D eigenvalue weighted by molar-refractivity contribution is -0.112. The molecule has 15 heavy (non-hydrogen) atoms. The summed E-state index contributed by atoms with van der Waals surface area (Å²) in [7, 11) is 0. The number of aldehydes is 1. The Kier molecular flexibility index (Phi) is 4.15. The fourth-order valence-electron chi connectivity index (χ4n) is 2.57. The van der Waals surface area contributed by atoms with Crippen molar-refractivity contribution in [3.63, 3.8) is 0 Å². The minimum absolute atomic E-state index is 0.330. The van der Waals surface area contributed by atoms with E-state index in [-0.39, 0.29) is 0 Å². The molecule has 0 aromatic heterocycles. The maximum Gasteiger partial charge on any atom is 0.123 e. The summed E-state index contributed by atoms with van der Waals surface area (Å²) >= 11 is 0. The number of ether oxygens (including phenoxy) is 1. The topological polar surface area (TPSA) is 29.5 Å². The van der Waals surface area contributed by atoms with Crippen LogP contribution in [0.3, 0.4) is 0 Å². The van der Waals surface area contributed by atoms with Crippen LogP contribution < -0.4 is 0 Å². The highest BCUT2D eigenvalue weighted by Crippen LogP contribution is 2.20. The molecule has 0 spiro atoms. The van der Waals surface area contributed by atoms with E-state index in [2.05, 4.69) is 4.90 Å². The fourth-order valence-corrected chi connectivity index (χ4v) is 2.57. The molecule has 0 aliphatic carbocycles. The summed E-state index contributed by atoms with van der Waals surface area (Å²) < 4.78 is 5.36. The van der Waals surface area contributed by atoms with Gasteiger partial charge >= 0.3 is 0 Å². The fraction of sp³-hybridized carbons (Fsp3) is 0.917. The Morgan fingerprint density at radius 3 is 2.40 bits per heavy atom. The monoisotopic (exact) mass is 211 g/mol. The van der Waals surface area contributed by atoms with Crippen LogP contribution in [0.4, 0.5) is 0 Å². The molecule has 86 valence electrons. The first-order chi connectivity index (χ1) is 7.38. The Morgan fingerprint density at radius 1 is 1.13 bits per heavy atom. The summed E-state index contributed by atoms with van der Waals surface area (Å²) in [5.41, 5.74) is 0. The second kappa shape index (κ2) is 5.61. The van der Waals surface area contributed by atoms with Crippen molar-refractivity contribution in [3.8, 4) is 0 Å². The van der Waals surface area contributed by atoms with E-state index in [0.717, 1.165) is 51.3 Å². The lowest BCUT2D eigenvalue weighted by atomic mass is 9.95. The molecule has 2 rings (SSSR count). The van der Waals surface area contributed by atoms with Crippen LogP contribution in [-0.2, 0) is 9.53 Å². The molecular formula is C12H21NO2. The van der Waals surface area contributed by atoms with E-state index in [1.54, 1.807) is 0 Å². The molecule has 2 heterocycles. The van der Waals surface area contributed by atoms with E-state index in [9.17, 15) is 4.79 Å². The summed E-state index contributed by atoms with van der Waals surface area (Å²) in [6, 6.07) is 0. The molecule has 0 unspecified atom stereocenters. The SMILES string of the molecule is O=CC1CCN(CC2CCOCC2)CC1. The predicted molar refractivity (Wildman–Crippen MR) is 58.8 cm³/mol. The summed E-state index contributed by atoms with van der Waals surface area (Å²) in [5.74, 6) is 1.16. The number of carbonyl (C=O) groups is 1. The Morgan fingerprint density at radius 2 is 1.80 bits per heavy atom. The largest absolute Gasteiger partial charge is 0.381 e. The number of carbonyl (C=O) groups excluding carboxylic acids is 1. The van der Waals surface area contributed by atoms with E-state index >= 15 is 0 Å². The van der Waals surface area contributed by atoms with Crippen LogP contribution in [-0.4, -0.2) is 44.0 Å². The highest BCUT2D eigenvalue weighted by molar-refractivity contribution is 5.53. The molecule has 0 bridgehead atoms. The first-order valence-corrected chi connectivity index (χ1v) is 6.14. The van der Waals surface area contributed by atoms with Gasteiger partial charge in [0.05, 0.1) is 0 Å². The number of likely N-dealkylation sites (tertiary alicyclic amines) is 1. The van der Waals surface area contributed by atoms with Gasteiger partial charge in [0.2, 0.25) is 0 Å². The van der Waals surface area contributed by atoms with E-state index < -0.39 is 0 Å². The Hall–Kier alpha value is -0.410. The molecule has 0 atom stereocenters. The lowest BCUT2D eigenvalue weighted by Crippen LogP contribution is -2.38. The molecule has 2 aliphatic heterocycles. The van der Waals surface area contributed by atoms with Crippen molar-refractivity contribution in [3.05, 3.63) is 0 Å². The van der Waals surface area contributed by atoms with Crippen molar-refractivity contribution < 1.29 is 9.53 Å². The zero-order valence-electron chi connectivity index (χ0n) is 9.36. The summed E-state index contributed by atoms with van der Waals surface area (Å²) in [4.78, 5) is 13.1. The van der Waals surface area contributed by atoms with Gasteiger partial charge in [-0.1, -0.05) is 0 Å². The predicted octanol–water partition coefficient (Wildman–Crippen LogP) is 1.32. The molecule has 0 radical (unpaired) electrons. The van der Waals surface area contributed by atoms with Gasteiger partial charge in [-0.05, 0) is 44.7 Å². The van der Waals surface area contributed by atoms with Crippen LogP contribution in [0.15, 0.2) is 0 Å². The van der Waals surface area contributed by atoms with Crippen molar-refractivity contribution in [2.45, 2.75) is 25.7 Å². The number of piperidine rings is 1. The molecule has 0 aromatic rings. The number of nitrogens with zero attached hydrogens (tertiary/aromatic N) is 1. The van der Waals surface area contributed by atoms with Crippen molar-refractivity contribution >= 4 is 6.29 Å². The maximum absolute atomic E-state index is 10.6. The number of hydrogen-bond donors (Lipinski definition) is 0. The summed E-state index contributed by atoms with van der Waals surface area (Å²) in [6.45, 7) is 5.32. The third-order valence-electron chi connectivity index (χ3n) is 3.68. The molecule has 0 N–H and O–H groups in total. The molecule has 3 nitrogen and oxygen atoms in total. The van der Waals surface area contributed by atoms with Gasteiger partial charge in [-0.25, -0.2) is 0 Å². The quantitative estimate of drug-likeness (QED) is 0.659. The first kappa shape index (κ1) is 11.1. The van der Waals surface area contributed by atoms with Gasteiger partial charge in [0.1, 0.15) is 6.29 Å². The molecule has 0 saturated carbocycles. The van der Waals surface area contributed by atoms with Crippen molar-refractivity contribution in [1.29, 1.82) is 0 Å². The van der Waals surface area contributed by atoms with Gasteiger partial charge < -0.3 is 14.4 Å². The Labute approximate surface area is 91.8 Å². The van der Waals surface area contributed by atoms with Crippen LogP contribution in [0.5, 0.6) is 0 Å². The van der Waals surface area contributed by atoms with Gasteiger partial charge in [0, 0.05) is 25.7 Å². The van der Waals surface area contributed by atoms with Crippen LogP contribution in [0.1, 0.15) is 25.7 Å². The third kappa shape index (κ3) is 3.28. The standard InChI is InChI=1S/C12H21NO2/c14-10-12-1-5-13(6-2-12)9-11-3-7-15-8-4-11/h10-12H,1-9H2. The van der Waals surface area contributed by atoms with E-state index in [1.165, 1.54) is 19.4 Å². The average Bonchev–Trinajstić information content (AvgIpc) is 2.31. The third-order valence-corrected chi connectivity index (χ3v) is 3.68. The van der Waals surface area contributed by atoms with E-state index in [1.807, 2.05) is 0 Å². The molecule has 3 heteroatoms. The normalized spacial score (nSPS) is 26.7. The van der Waals surface area contributed by atoms with Crippen molar-refractivity contribution in [2.75, 3.05) is 32.8 Å². The smallest absolute Gasteiger partial charge is 0.123 e. The number of rotatable bonds is 3. The Balaban J connectivity index is 1.69. The van der Waals surface area contributed by atoms with Crippen LogP contribution >= 0.6 is 0 Å². The Bertz CT molecular complexity index is 194. The highest BCUT2D eigenvalue weighted by Gasteiger charge is 2.22. The zero-order valence-corrected chi connectivity index (χ0v) is 9.36. The summed E-state index contributed by atoms with van der Waals surface area (Å²) in [6.07, 6.45) is 5.69. The van der Waals surface area contributed by atoms with Gasteiger partial charge in [-0.15, -0.1) is 0 Å². The van der Waals surface area contributed by atoms with Gasteiger partial charge in [-0.3, -0.25) is 0 Å². The van der Waals surface area contributed by atoms with Crippen LogP contribution in [0.2, 0.25) is 0 Å². The van der Waals surface area contributed by atoms with Crippen molar-refractivity contribution in [2.24, 2.45) is 11.8 Å². The molecule has 0 amide bonds. The first-order valence-electron chi connectivity index (χ1n) is 6.14. The zero-order chi connectivity index (χ0) is 10.5. The van der Waals surface area contributed by atoms with E-state index in [4.69, 9.17) is 4.74 Å². The van der Waals surface area contributed by atoms with Crippen molar-refractivity contribution in [1.82, 2.24) is 4.90 Å². The van der Waals surface area contributed by atoms with Gasteiger partial charge in [0.25, 0.3) is 0 Å². The molecule has 2 saturated heterocycles. The van der Waals surface area contributed by atoms with E-state index in [0.29, 0.717) is 5.92 Å². The molecular weight excluding hydrogens is 190 g/mol. The second-order valence-corrected chi connectivity index (χ2v) is 4.83.